The highest BCUT2D eigenvalue weighted by atomic mass is 32.2. The van der Waals surface area contributed by atoms with Gasteiger partial charge >= 0.3 is 8.80 Å². The second-order valence-corrected chi connectivity index (χ2v) is 9.13. The zero-order valence-corrected chi connectivity index (χ0v) is 16.0. The molecule has 1 heterocycles. The Bertz CT molecular complexity index is 377. The third kappa shape index (κ3) is 7.24. The van der Waals surface area contributed by atoms with Gasteiger partial charge in [0.15, 0.2) is 0 Å². The minimum absolute atomic E-state index is 0.444. The van der Waals surface area contributed by atoms with Crippen LogP contribution in [0.15, 0.2) is 24.4 Å². The summed E-state index contributed by atoms with van der Waals surface area (Å²) in [5, 5.41) is 0.444. The Kier molecular flexibility index (Phi) is 9.98. The molecule has 1 aromatic heterocycles. The van der Waals surface area contributed by atoms with Gasteiger partial charge in [-0.2, -0.15) is 11.8 Å². The molecule has 1 atom stereocenters. The highest BCUT2D eigenvalue weighted by Crippen LogP contribution is 2.25. The van der Waals surface area contributed by atoms with E-state index in [1.807, 2.05) is 50.9 Å². The van der Waals surface area contributed by atoms with Crippen molar-refractivity contribution in [1.29, 1.82) is 0 Å². The predicted octanol–water partition coefficient (Wildman–Crippen LogP) is 3.79. The molecule has 0 spiro atoms. The Morgan fingerprint density at radius 1 is 1.09 bits per heavy atom. The zero-order valence-electron chi connectivity index (χ0n) is 14.2. The van der Waals surface area contributed by atoms with Gasteiger partial charge in [-0.15, -0.1) is 0 Å². The van der Waals surface area contributed by atoms with E-state index in [9.17, 15) is 0 Å². The first-order chi connectivity index (χ1) is 10.7. The molecule has 22 heavy (non-hydrogen) atoms. The van der Waals surface area contributed by atoms with E-state index in [1.54, 1.807) is 0 Å². The van der Waals surface area contributed by atoms with Crippen LogP contribution in [0.3, 0.4) is 0 Å². The van der Waals surface area contributed by atoms with Crippen molar-refractivity contribution < 1.29 is 13.3 Å². The van der Waals surface area contributed by atoms with Crippen LogP contribution in [-0.2, 0) is 19.7 Å². The van der Waals surface area contributed by atoms with Crippen molar-refractivity contribution in [3.05, 3.63) is 30.1 Å². The van der Waals surface area contributed by atoms with Gasteiger partial charge in [0.2, 0.25) is 0 Å². The Labute approximate surface area is 140 Å². The Morgan fingerprint density at radius 2 is 1.73 bits per heavy atom. The molecule has 0 bridgehead atoms. The number of rotatable bonds is 12. The minimum Gasteiger partial charge on any atom is -0.374 e. The van der Waals surface area contributed by atoms with Gasteiger partial charge < -0.3 is 13.3 Å². The van der Waals surface area contributed by atoms with E-state index in [4.69, 9.17) is 13.3 Å². The van der Waals surface area contributed by atoms with Gasteiger partial charge in [-0.3, -0.25) is 4.98 Å². The lowest BCUT2D eigenvalue weighted by Gasteiger charge is -2.30. The van der Waals surface area contributed by atoms with Crippen LogP contribution < -0.4 is 0 Å². The molecular weight excluding hydrogens is 314 g/mol. The van der Waals surface area contributed by atoms with Crippen molar-refractivity contribution in [3.63, 3.8) is 0 Å². The molecule has 0 saturated heterocycles. The lowest BCUT2D eigenvalue weighted by atomic mass is 10.3. The van der Waals surface area contributed by atoms with E-state index < -0.39 is 8.80 Å². The largest absolute Gasteiger partial charge is 0.502 e. The van der Waals surface area contributed by atoms with Crippen LogP contribution in [0.4, 0.5) is 0 Å². The molecule has 0 N–H and O–H groups in total. The summed E-state index contributed by atoms with van der Waals surface area (Å²) in [6.45, 7) is 10.1. The number of thioether (sulfide) groups is 1. The summed E-state index contributed by atoms with van der Waals surface area (Å²) in [6, 6.07) is 6.92. The van der Waals surface area contributed by atoms with Crippen molar-refractivity contribution in [2.75, 3.05) is 25.6 Å². The molecule has 0 aliphatic rings. The summed E-state index contributed by atoms with van der Waals surface area (Å²) in [6.07, 6.45) is 2.84. The fourth-order valence-electron chi connectivity index (χ4n) is 2.28. The Hall–Kier alpha value is -0.403. The second-order valence-electron chi connectivity index (χ2n) is 4.94. The molecule has 0 radical (unpaired) electrons. The minimum atomic E-state index is -2.52. The van der Waals surface area contributed by atoms with Gasteiger partial charge in [0, 0.05) is 43.0 Å². The fraction of sp³-hybridized carbons (Fsp3) is 0.688. The molecular formula is C16H29NO3SSi. The van der Waals surface area contributed by atoms with Crippen LogP contribution in [0, 0.1) is 0 Å². The fourth-order valence-corrected chi connectivity index (χ4v) is 6.72. The van der Waals surface area contributed by atoms with Gasteiger partial charge in [0.1, 0.15) is 0 Å². The number of aryl methyl sites for hydroxylation is 1. The summed E-state index contributed by atoms with van der Waals surface area (Å²) in [5.41, 5.74) is 1.14. The molecule has 0 saturated carbocycles. The van der Waals surface area contributed by atoms with Gasteiger partial charge in [-0.05, 0) is 45.1 Å². The predicted molar refractivity (Wildman–Crippen MR) is 95.3 cm³/mol. The molecule has 4 nitrogen and oxygen atoms in total. The highest BCUT2D eigenvalue weighted by Gasteiger charge is 2.41. The average Bonchev–Trinajstić information content (AvgIpc) is 2.49. The van der Waals surface area contributed by atoms with Crippen molar-refractivity contribution in [1.82, 2.24) is 4.98 Å². The van der Waals surface area contributed by atoms with E-state index in [-0.39, 0.29) is 0 Å². The number of hydrogen-bond acceptors (Lipinski definition) is 5. The van der Waals surface area contributed by atoms with Crippen LogP contribution >= 0.6 is 11.8 Å². The second kappa shape index (κ2) is 11.2. The molecule has 6 heteroatoms. The van der Waals surface area contributed by atoms with Crippen molar-refractivity contribution in [3.8, 4) is 0 Å². The Balaban J connectivity index is 2.46. The maximum Gasteiger partial charge on any atom is 0.502 e. The van der Waals surface area contributed by atoms with Crippen LogP contribution in [0.25, 0.3) is 0 Å². The van der Waals surface area contributed by atoms with Gasteiger partial charge in [0.25, 0.3) is 0 Å². The first-order valence-corrected chi connectivity index (χ1v) is 11.1. The van der Waals surface area contributed by atoms with E-state index in [0.717, 1.165) is 23.9 Å². The first-order valence-electron chi connectivity index (χ1n) is 8.09. The molecule has 0 amide bonds. The molecule has 1 aromatic rings. The standard InChI is InChI=1S/C16H29NO3SSi/c1-5-18-22(19-6-2,20-7-3)14-15(4)21-13-11-16-10-8-9-12-17-16/h8-10,12,15H,5-7,11,13-14H2,1-4H3. The van der Waals surface area contributed by atoms with Gasteiger partial charge in [0.05, 0.1) is 0 Å². The van der Waals surface area contributed by atoms with Crippen molar-refractivity contribution >= 4 is 20.6 Å². The monoisotopic (exact) mass is 343 g/mol. The smallest absolute Gasteiger partial charge is 0.374 e. The van der Waals surface area contributed by atoms with Crippen molar-refractivity contribution in [2.24, 2.45) is 0 Å². The molecule has 126 valence electrons. The third-order valence-corrected chi connectivity index (χ3v) is 7.89. The topological polar surface area (TPSA) is 40.6 Å². The normalized spacial score (nSPS) is 13.3. The molecule has 0 aliphatic carbocycles. The van der Waals surface area contributed by atoms with E-state index in [0.29, 0.717) is 25.1 Å². The SMILES string of the molecule is CCO[Si](CC(C)SCCc1ccccn1)(OCC)OCC. The molecule has 1 unspecified atom stereocenters. The van der Waals surface area contributed by atoms with Gasteiger partial charge in [-0.1, -0.05) is 13.0 Å². The van der Waals surface area contributed by atoms with E-state index in [2.05, 4.69) is 18.0 Å². The summed E-state index contributed by atoms with van der Waals surface area (Å²) >= 11 is 1.93. The molecule has 0 aromatic carbocycles. The zero-order chi connectivity index (χ0) is 16.3. The number of aromatic nitrogens is 1. The summed E-state index contributed by atoms with van der Waals surface area (Å²) in [5.74, 6) is 1.05. The summed E-state index contributed by atoms with van der Waals surface area (Å²) < 4.78 is 17.7. The number of hydrogen-bond donors (Lipinski definition) is 0. The van der Waals surface area contributed by atoms with E-state index >= 15 is 0 Å². The quantitative estimate of drug-likeness (QED) is 0.540. The lowest BCUT2D eigenvalue weighted by Crippen LogP contribution is -2.47. The number of pyridine rings is 1. The summed E-state index contributed by atoms with van der Waals surface area (Å²) in [4.78, 5) is 4.36. The molecule has 0 fully saturated rings. The van der Waals surface area contributed by atoms with Crippen molar-refractivity contribution in [2.45, 2.75) is 45.4 Å². The summed E-state index contributed by atoms with van der Waals surface area (Å²) in [7, 11) is -2.52. The van der Waals surface area contributed by atoms with Crippen LogP contribution in [0.1, 0.15) is 33.4 Å². The average molecular weight is 344 g/mol. The molecule has 0 aliphatic heterocycles. The first kappa shape index (κ1) is 19.6. The lowest BCUT2D eigenvalue weighted by molar-refractivity contribution is 0.0715. The maximum absolute atomic E-state index is 5.91. The third-order valence-electron chi connectivity index (χ3n) is 3.12. The van der Waals surface area contributed by atoms with Crippen LogP contribution in [0.2, 0.25) is 6.04 Å². The van der Waals surface area contributed by atoms with Gasteiger partial charge in [-0.25, -0.2) is 0 Å². The number of nitrogens with zero attached hydrogens (tertiary/aromatic N) is 1. The maximum atomic E-state index is 5.91. The van der Waals surface area contributed by atoms with E-state index in [1.165, 1.54) is 0 Å². The Morgan fingerprint density at radius 3 is 2.23 bits per heavy atom. The van der Waals surface area contributed by atoms with Crippen LogP contribution in [-0.4, -0.2) is 44.6 Å². The highest BCUT2D eigenvalue weighted by molar-refractivity contribution is 7.99. The molecule has 1 rings (SSSR count). The van der Waals surface area contributed by atoms with Crippen LogP contribution in [0.5, 0.6) is 0 Å².